The van der Waals surface area contributed by atoms with Crippen LogP contribution in [0.2, 0.25) is 0 Å². The van der Waals surface area contributed by atoms with Crippen molar-refractivity contribution in [2.24, 2.45) is 5.92 Å². The Morgan fingerprint density at radius 3 is 2.75 bits per heavy atom. The first-order valence-electron chi connectivity index (χ1n) is 18.0. The second kappa shape index (κ2) is 12.7. The monoisotopic (exact) mass is 695 g/mol. The number of phenolic OH excluding ortho intramolecular Hbond substituents is 1. The van der Waals surface area contributed by atoms with Gasteiger partial charge in [-0.3, -0.25) is 14.4 Å². The molecule has 2 aromatic heterocycles. The topological polar surface area (TPSA) is 109 Å². The number of aryl methyl sites for hydroxylation is 2. The van der Waals surface area contributed by atoms with Gasteiger partial charge in [-0.05, 0) is 97.7 Å². The fraction of sp³-hybridized carbons (Fsp3) is 0.436. The molecule has 5 aromatic rings. The van der Waals surface area contributed by atoms with E-state index in [0.29, 0.717) is 77.4 Å². The lowest BCUT2D eigenvalue weighted by atomic mass is 9.91. The van der Waals surface area contributed by atoms with Crippen molar-refractivity contribution in [2.45, 2.75) is 71.5 Å². The lowest BCUT2D eigenvalue weighted by Gasteiger charge is -2.31. The van der Waals surface area contributed by atoms with Crippen molar-refractivity contribution in [1.82, 2.24) is 30.0 Å². The summed E-state index contributed by atoms with van der Waals surface area (Å²) in [7, 11) is 1.59. The molecule has 3 aromatic carbocycles. The third-order valence-electron chi connectivity index (χ3n) is 11.2. The summed E-state index contributed by atoms with van der Waals surface area (Å²) in [6.07, 6.45) is 4.27. The Bertz CT molecular complexity index is 2200. The highest BCUT2D eigenvalue weighted by Gasteiger charge is 2.47. The first-order chi connectivity index (χ1) is 24.6. The van der Waals surface area contributed by atoms with Crippen LogP contribution in [0.5, 0.6) is 11.8 Å². The second-order valence-electron chi connectivity index (χ2n) is 14.5. The van der Waals surface area contributed by atoms with Gasteiger partial charge < -0.3 is 20.1 Å². The number of rotatable bonds is 7. The first kappa shape index (κ1) is 33.3. The van der Waals surface area contributed by atoms with E-state index in [-0.39, 0.29) is 40.1 Å². The Labute approximate surface area is 295 Å². The lowest BCUT2D eigenvalue weighted by molar-refractivity contribution is 0.0956. The summed E-state index contributed by atoms with van der Waals surface area (Å²) in [5, 5.41) is 19.7. The van der Waals surface area contributed by atoms with Gasteiger partial charge >= 0.3 is 6.01 Å². The molecular weight excluding hydrogens is 652 g/mol. The maximum absolute atomic E-state index is 17.2. The van der Waals surface area contributed by atoms with Crippen molar-refractivity contribution < 1.29 is 23.4 Å². The van der Waals surface area contributed by atoms with Crippen LogP contribution in [0.15, 0.2) is 36.4 Å². The Morgan fingerprint density at radius 1 is 1.10 bits per heavy atom. The molecule has 5 heterocycles. The van der Waals surface area contributed by atoms with E-state index in [0.717, 1.165) is 50.0 Å². The molecule has 12 heteroatoms. The number of amides is 1. The van der Waals surface area contributed by atoms with E-state index < -0.39 is 5.82 Å². The van der Waals surface area contributed by atoms with Crippen LogP contribution in [0, 0.1) is 24.5 Å². The van der Waals surface area contributed by atoms with Crippen molar-refractivity contribution in [3.05, 3.63) is 70.5 Å². The minimum absolute atomic E-state index is 0.0445. The zero-order valence-corrected chi connectivity index (χ0v) is 29.5. The number of ether oxygens (including phenoxy) is 1. The number of benzene rings is 3. The zero-order valence-electron chi connectivity index (χ0n) is 29.5. The number of anilines is 1. The Kier molecular flexibility index (Phi) is 8.32. The molecule has 10 nitrogen and oxygen atoms in total. The molecule has 266 valence electrons. The normalized spacial score (nSPS) is 20.5. The third-order valence-corrected chi connectivity index (χ3v) is 11.2. The summed E-state index contributed by atoms with van der Waals surface area (Å²) < 4.78 is 40.7. The maximum atomic E-state index is 17.2. The van der Waals surface area contributed by atoms with Crippen LogP contribution in [0.4, 0.5) is 14.6 Å². The molecule has 2 saturated heterocycles. The summed E-state index contributed by atoms with van der Waals surface area (Å²) in [5.74, 6) is -0.191. The van der Waals surface area contributed by atoms with Gasteiger partial charge in [0.2, 0.25) is 0 Å². The van der Waals surface area contributed by atoms with Crippen molar-refractivity contribution in [3.8, 4) is 22.9 Å². The van der Waals surface area contributed by atoms with Gasteiger partial charge in [-0.25, -0.2) is 8.78 Å². The largest absolute Gasteiger partial charge is 0.508 e. The van der Waals surface area contributed by atoms with E-state index >= 15 is 8.78 Å². The number of nitrogens with zero attached hydrogens (tertiary/aromatic N) is 6. The number of carbonyl (C=O) groups excluding carboxylic acids is 1. The molecule has 0 aliphatic carbocycles. The SMILES string of the molecule is CCc1c(F)ccc2cc(O)cc(-c3ccc4c(N5CCCn6nc(C(=O)NC)c(C)c6C5)nc(OC[C@@]56CCCN5C[C@H](C)C6)nc4c3F)c12. The molecule has 0 bridgehead atoms. The Morgan fingerprint density at radius 2 is 1.94 bits per heavy atom. The number of fused-ring (bicyclic) bond motifs is 4. The predicted octanol–water partition coefficient (Wildman–Crippen LogP) is 6.52. The summed E-state index contributed by atoms with van der Waals surface area (Å²) in [4.78, 5) is 26.9. The number of halogens is 2. The van der Waals surface area contributed by atoms with Crippen LogP contribution in [-0.4, -0.2) is 74.5 Å². The molecule has 2 atom stereocenters. The fourth-order valence-electron chi connectivity index (χ4n) is 8.88. The minimum atomic E-state index is -0.604. The molecule has 51 heavy (non-hydrogen) atoms. The molecule has 1 amide bonds. The number of carbonyl (C=O) groups is 1. The number of aromatic nitrogens is 4. The van der Waals surface area contributed by atoms with Crippen molar-refractivity contribution in [1.29, 1.82) is 0 Å². The van der Waals surface area contributed by atoms with E-state index in [9.17, 15) is 9.90 Å². The van der Waals surface area contributed by atoms with Crippen molar-refractivity contribution in [2.75, 3.05) is 38.2 Å². The Hall–Kier alpha value is -4.84. The van der Waals surface area contributed by atoms with Gasteiger partial charge in [0.15, 0.2) is 11.5 Å². The van der Waals surface area contributed by atoms with Crippen LogP contribution < -0.4 is 15.0 Å². The summed E-state index contributed by atoms with van der Waals surface area (Å²) >= 11 is 0. The van der Waals surface area contributed by atoms with E-state index in [1.54, 1.807) is 31.3 Å². The Balaban J connectivity index is 1.28. The molecule has 0 saturated carbocycles. The number of hydrogen-bond donors (Lipinski definition) is 2. The quantitative estimate of drug-likeness (QED) is 0.198. The van der Waals surface area contributed by atoms with E-state index in [2.05, 4.69) is 27.1 Å². The number of hydrogen-bond acceptors (Lipinski definition) is 8. The maximum Gasteiger partial charge on any atom is 0.319 e. The molecule has 3 aliphatic heterocycles. The summed E-state index contributed by atoms with van der Waals surface area (Å²) in [5.41, 5.74) is 3.08. The van der Waals surface area contributed by atoms with Crippen LogP contribution >= 0.6 is 0 Å². The van der Waals surface area contributed by atoms with Gasteiger partial charge in [-0.2, -0.15) is 15.1 Å². The second-order valence-corrected chi connectivity index (χ2v) is 14.5. The summed E-state index contributed by atoms with van der Waals surface area (Å²) in [6.45, 7) is 10.1. The van der Waals surface area contributed by atoms with E-state index in [4.69, 9.17) is 14.7 Å². The highest BCUT2D eigenvalue weighted by Crippen LogP contribution is 2.43. The van der Waals surface area contributed by atoms with Crippen LogP contribution in [-0.2, 0) is 19.5 Å². The molecule has 3 aliphatic rings. The molecule has 2 N–H and O–H groups in total. The van der Waals surface area contributed by atoms with Crippen LogP contribution in [0.1, 0.15) is 66.8 Å². The fourth-order valence-corrected chi connectivity index (χ4v) is 8.88. The molecule has 0 spiro atoms. The van der Waals surface area contributed by atoms with Gasteiger partial charge in [0.1, 0.15) is 29.5 Å². The van der Waals surface area contributed by atoms with Gasteiger partial charge in [0, 0.05) is 43.2 Å². The predicted molar refractivity (Wildman–Crippen MR) is 192 cm³/mol. The summed E-state index contributed by atoms with van der Waals surface area (Å²) in [6, 6.07) is 9.60. The van der Waals surface area contributed by atoms with Gasteiger partial charge in [0.25, 0.3) is 5.91 Å². The average molecular weight is 696 g/mol. The number of phenols is 1. The molecule has 0 radical (unpaired) electrons. The van der Waals surface area contributed by atoms with Crippen molar-refractivity contribution >= 4 is 33.4 Å². The molecular formula is C39H43F2N7O3. The smallest absolute Gasteiger partial charge is 0.319 e. The zero-order chi connectivity index (χ0) is 35.6. The van der Waals surface area contributed by atoms with E-state index in [1.807, 2.05) is 18.5 Å². The van der Waals surface area contributed by atoms with E-state index in [1.165, 1.54) is 12.1 Å². The average Bonchev–Trinajstić information content (AvgIpc) is 3.69. The molecule has 2 fully saturated rings. The van der Waals surface area contributed by atoms with Gasteiger partial charge in [0.05, 0.1) is 17.8 Å². The van der Waals surface area contributed by atoms with Crippen LogP contribution in [0.25, 0.3) is 32.8 Å². The highest BCUT2D eigenvalue weighted by atomic mass is 19.1. The third kappa shape index (κ3) is 5.55. The van der Waals surface area contributed by atoms with Crippen molar-refractivity contribution in [3.63, 3.8) is 0 Å². The minimum Gasteiger partial charge on any atom is -0.508 e. The number of aromatic hydroxyl groups is 1. The van der Waals surface area contributed by atoms with Gasteiger partial charge in [-0.15, -0.1) is 0 Å². The molecule has 0 unspecified atom stereocenters. The highest BCUT2D eigenvalue weighted by molar-refractivity contribution is 6.03. The van der Waals surface area contributed by atoms with Gasteiger partial charge in [-0.1, -0.05) is 26.0 Å². The van der Waals surface area contributed by atoms with Crippen LogP contribution in [0.3, 0.4) is 0 Å². The molecule has 8 rings (SSSR count). The number of nitrogens with one attached hydrogen (secondary N) is 1. The first-order valence-corrected chi connectivity index (χ1v) is 18.0. The standard InChI is InChI=1S/C39H43F2N7O3/c1-5-26-30(40)11-8-24-16-25(49)17-29(32(24)26)27-9-10-28-35(33(27)41)43-38(51-21-39-12-6-14-47(39)19-22(2)18-39)44-36(28)46-13-7-15-48-31(20-46)23(3)34(45-48)37(50)42-4/h8-11,16-17,22,49H,5-7,12-15,18-21H2,1-4H3,(H,42,50)/t22-,39+/m1/s1. The lowest BCUT2D eigenvalue weighted by Crippen LogP contribution is -2.43.